The number of carbonyl (C=O) groups is 3. The number of anilines is 2. The average Bonchev–Trinajstić information content (AvgIpc) is 2.19. The second kappa shape index (κ2) is 5.81. The molecule has 0 spiro atoms. The summed E-state index contributed by atoms with van der Waals surface area (Å²) in [6, 6.07) is 4.54. The molecule has 2 amide bonds. The van der Waals surface area contributed by atoms with Crippen molar-refractivity contribution in [1.29, 1.82) is 0 Å². The number of hydrogen-bond donors (Lipinski definition) is 2. The quantitative estimate of drug-likeness (QED) is 0.629. The number of hydrogen-bond acceptors (Lipinski definition) is 4. The molecule has 0 atom stereocenters. The summed E-state index contributed by atoms with van der Waals surface area (Å²) in [5.74, 6) is -0.722. The van der Waals surface area contributed by atoms with Crippen LogP contribution in [-0.2, 0) is 14.4 Å². The SMILES string of the molecule is CC(=O)Nc1ccc(OC(C)=O)cc1NC(C)=O. The molecule has 0 aliphatic rings. The van der Waals surface area contributed by atoms with E-state index >= 15 is 0 Å². The Morgan fingerprint density at radius 2 is 1.50 bits per heavy atom. The Bertz CT molecular complexity index is 497. The fourth-order valence-corrected chi connectivity index (χ4v) is 1.34. The maximum absolute atomic E-state index is 11.1. The second-order valence-corrected chi connectivity index (χ2v) is 3.66. The van der Waals surface area contributed by atoms with E-state index in [-0.39, 0.29) is 11.8 Å². The number of esters is 1. The van der Waals surface area contributed by atoms with E-state index in [0.29, 0.717) is 17.1 Å². The van der Waals surface area contributed by atoms with Crippen LogP contribution in [0.1, 0.15) is 20.8 Å². The molecule has 1 aromatic rings. The number of nitrogens with one attached hydrogen (secondary N) is 2. The molecule has 0 aliphatic carbocycles. The molecule has 0 radical (unpaired) electrons. The predicted octanol–water partition coefficient (Wildman–Crippen LogP) is 1.53. The topological polar surface area (TPSA) is 84.5 Å². The normalized spacial score (nSPS) is 9.50. The van der Waals surface area contributed by atoms with Crippen molar-refractivity contribution in [3.05, 3.63) is 18.2 Å². The van der Waals surface area contributed by atoms with Crippen LogP contribution in [0.2, 0.25) is 0 Å². The Hall–Kier alpha value is -2.37. The van der Waals surface area contributed by atoms with E-state index in [1.807, 2.05) is 0 Å². The van der Waals surface area contributed by atoms with Crippen LogP contribution in [-0.4, -0.2) is 17.8 Å². The lowest BCUT2D eigenvalue weighted by atomic mass is 10.2. The maximum atomic E-state index is 11.1. The molecule has 0 saturated heterocycles. The van der Waals surface area contributed by atoms with Gasteiger partial charge in [0.15, 0.2) is 0 Å². The van der Waals surface area contributed by atoms with Crippen molar-refractivity contribution in [2.45, 2.75) is 20.8 Å². The summed E-state index contributed by atoms with van der Waals surface area (Å²) in [6.07, 6.45) is 0. The molecule has 18 heavy (non-hydrogen) atoms. The number of amides is 2. The van der Waals surface area contributed by atoms with Crippen LogP contribution in [0.4, 0.5) is 11.4 Å². The van der Waals surface area contributed by atoms with Crippen LogP contribution in [0.3, 0.4) is 0 Å². The van der Waals surface area contributed by atoms with Gasteiger partial charge in [-0.2, -0.15) is 0 Å². The smallest absolute Gasteiger partial charge is 0.308 e. The summed E-state index contributed by atoms with van der Waals surface area (Å²) in [6.45, 7) is 3.98. The molecule has 6 heteroatoms. The third-order valence-corrected chi connectivity index (χ3v) is 1.87. The first-order valence-electron chi connectivity index (χ1n) is 5.26. The average molecular weight is 250 g/mol. The monoisotopic (exact) mass is 250 g/mol. The van der Waals surface area contributed by atoms with E-state index in [1.54, 1.807) is 6.07 Å². The number of carbonyl (C=O) groups excluding carboxylic acids is 3. The van der Waals surface area contributed by atoms with Gasteiger partial charge in [-0.25, -0.2) is 0 Å². The highest BCUT2D eigenvalue weighted by molar-refractivity contribution is 5.98. The lowest BCUT2D eigenvalue weighted by molar-refractivity contribution is -0.131. The van der Waals surface area contributed by atoms with Gasteiger partial charge in [-0.1, -0.05) is 0 Å². The molecular formula is C12H14N2O4. The van der Waals surface area contributed by atoms with Gasteiger partial charge in [0.05, 0.1) is 11.4 Å². The van der Waals surface area contributed by atoms with Crippen LogP contribution in [0.15, 0.2) is 18.2 Å². The Balaban J connectivity index is 3.06. The molecule has 6 nitrogen and oxygen atoms in total. The molecule has 0 bridgehead atoms. The van der Waals surface area contributed by atoms with Crippen molar-refractivity contribution in [1.82, 2.24) is 0 Å². The Morgan fingerprint density at radius 3 is 2.00 bits per heavy atom. The molecule has 0 unspecified atom stereocenters. The fraction of sp³-hybridized carbons (Fsp3) is 0.250. The van der Waals surface area contributed by atoms with Gasteiger partial charge in [-0.3, -0.25) is 14.4 Å². The summed E-state index contributed by atoms with van der Waals surface area (Å²) in [7, 11) is 0. The van der Waals surface area contributed by atoms with Gasteiger partial charge in [0.2, 0.25) is 11.8 Å². The molecule has 2 N–H and O–H groups in total. The van der Waals surface area contributed by atoms with Gasteiger partial charge >= 0.3 is 5.97 Å². The molecule has 1 rings (SSSR count). The van der Waals surface area contributed by atoms with Crippen molar-refractivity contribution in [2.75, 3.05) is 10.6 Å². The summed E-state index contributed by atoms with van der Waals surface area (Å²) >= 11 is 0. The van der Waals surface area contributed by atoms with E-state index in [1.165, 1.54) is 32.9 Å². The third kappa shape index (κ3) is 4.25. The molecule has 96 valence electrons. The van der Waals surface area contributed by atoms with Crippen molar-refractivity contribution in [3.8, 4) is 5.75 Å². The van der Waals surface area contributed by atoms with Crippen molar-refractivity contribution in [2.24, 2.45) is 0 Å². The molecule has 0 saturated carbocycles. The van der Waals surface area contributed by atoms with Crippen molar-refractivity contribution >= 4 is 29.2 Å². The van der Waals surface area contributed by atoms with Crippen LogP contribution in [0, 0.1) is 0 Å². The third-order valence-electron chi connectivity index (χ3n) is 1.87. The minimum absolute atomic E-state index is 0.262. The minimum Gasteiger partial charge on any atom is -0.427 e. The predicted molar refractivity (Wildman–Crippen MR) is 66.4 cm³/mol. The van der Waals surface area contributed by atoms with Crippen LogP contribution >= 0.6 is 0 Å². The zero-order chi connectivity index (χ0) is 13.7. The van der Waals surface area contributed by atoms with E-state index in [9.17, 15) is 14.4 Å². The van der Waals surface area contributed by atoms with Crippen LogP contribution in [0.5, 0.6) is 5.75 Å². The van der Waals surface area contributed by atoms with Crippen molar-refractivity contribution in [3.63, 3.8) is 0 Å². The van der Waals surface area contributed by atoms with E-state index in [4.69, 9.17) is 4.74 Å². The molecule has 0 aliphatic heterocycles. The summed E-state index contributed by atoms with van der Waals surface area (Å²) in [4.78, 5) is 32.9. The van der Waals surface area contributed by atoms with Gasteiger partial charge < -0.3 is 15.4 Å². The standard InChI is InChI=1S/C12H14N2O4/c1-7(15)13-11-5-4-10(18-9(3)17)6-12(11)14-8(2)16/h4-6H,1-3H3,(H,13,15)(H,14,16). The maximum Gasteiger partial charge on any atom is 0.308 e. The van der Waals surface area contributed by atoms with Crippen LogP contribution < -0.4 is 15.4 Å². The summed E-state index contributed by atoms with van der Waals surface area (Å²) in [5.41, 5.74) is 0.810. The van der Waals surface area contributed by atoms with Gasteiger partial charge in [-0.15, -0.1) is 0 Å². The number of rotatable bonds is 3. The molecule has 0 heterocycles. The number of ether oxygens (including phenoxy) is 1. The van der Waals surface area contributed by atoms with E-state index in [2.05, 4.69) is 10.6 Å². The summed E-state index contributed by atoms with van der Waals surface area (Å²) < 4.78 is 4.89. The highest BCUT2D eigenvalue weighted by Gasteiger charge is 2.08. The lowest BCUT2D eigenvalue weighted by Gasteiger charge is -2.12. The Labute approximate surface area is 104 Å². The largest absolute Gasteiger partial charge is 0.427 e. The zero-order valence-corrected chi connectivity index (χ0v) is 10.4. The Morgan fingerprint density at radius 1 is 0.944 bits per heavy atom. The van der Waals surface area contributed by atoms with Gasteiger partial charge in [-0.05, 0) is 12.1 Å². The Kier molecular flexibility index (Phi) is 4.42. The van der Waals surface area contributed by atoms with Gasteiger partial charge in [0.25, 0.3) is 0 Å². The molecule has 0 fully saturated rings. The summed E-state index contributed by atoms with van der Waals surface area (Å²) in [5, 5.41) is 5.11. The second-order valence-electron chi connectivity index (χ2n) is 3.66. The fourth-order valence-electron chi connectivity index (χ4n) is 1.34. The van der Waals surface area contributed by atoms with Gasteiger partial charge in [0.1, 0.15) is 5.75 Å². The molecule has 0 aromatic heterocycles. The van der Waals surface area contributed by atoms with Crippen LogP contribution in [0.25, 0.3) is 0 Å². The lowest BCUT2D eigenvalue weighted by Crippen LogP contribution is -2.12. The van der Waals surface area contributed by atoms with E-state index < -0.39 is 5.97 Å². The number of benzene rings is 1. The zero-order valence-electron chi connectivity index (χ0n) is 10.4. The molecular weight excluding hydrogens is 236 g/mol. The first-order valence-corrected chi connectivity index (χ1v) is 5.26. The minimum atomic E-state index is -0.462. The van der Waals surface area contributed by atoms with Crippen molar-refractivity contribution < 1.29 is 19.1 Å². The highest BCUT2D eigenvalue weighted by atomic mass is 16.5. The highest BCUT2D eigenvalue weighted by Crippen LogP contribution is 2.27. The first-order chi connectivity index (χ1) is 8.38. The first kappa shape index (κ1) is 13.7. The van der Waals surface area contributed by atoms with E-state index in [0.717, 1.165) is 0 Å². The van der Waals surface area contributed by atoms with Gasteiger partial charge in [0, 0.05) is 26.8 Å². The molecule has 1 aromatic carbocycles.